The number of carbonyl (C=O) groups excluding carboxylic acids is 3. The molecule has 5 aliphatic rings. The van der Waals surface area contributed by atoms with E-state index in [4.69, 9.17) is 0 Å². The molecule has 6 nitrogen and oxygen atoms in total. The molecule has 0 spiro atoms. The predicted octanol–water partition coefficient (Wildman–Crippen LogP) is 4.54. The van der Waals surface area contributed by atoms with E-state index in [1.165, 1.54) is 49.5 Å². The van der Waals surface area contributed by atoms with Crippen LogP contribution >= 0.6 is 0 Å². The van der Waals surface area contributed by atoms with Crippen LogP contribution in [-0.2, 0) is 28.6 Å². The Balaban J connectivity index is 0.000000134. The summed E-state index contributed by atoms with van der Waals surface area (Å²) in [7, 11) is 1.42. The van der Waals surface area contributed by atoms with Crippen LogP contribution in [-0.4, -0.2) is 37.7 Å². The summed E-state index contributed by atoms with van der Waals surface area (Å²) in [4.78, 5) is 31.8. The van der Waals surface area contributed by atoms with E-state index in [1.54, 1.807) is 38.5 Å². The van der Waals surface area contributed by atoms with Crippen molar-refractivity contribution in [1.82, 2.24) is 0 Å². The van der Waals surface area contributed by atoms with Gasteiger partial charge in [0.15, 0.2) is 0 Å². The molecule has 0 aromatic carbocycles. The van der Waals surface area contributed by atoms with Crippen molar-refractivity contribution in [3.8, 4) is 0 Å². The lowest BCUT2D eigenvalue weighted by Crippen LogP contribution is -2.27. The van der Waals surface area contributed by atoms with E-state index < -0.39 is 18.0 Å². The maximum absolute atomic E-state index is 10.8. The second-order valence-corrected chi connectivity index (χ2v) is 10.6. The highest BCUT2D eigenvalue weighted by molar-refractivity contribution is 5.79. The van der Waals surface area contributed by atoms with Crippen LogP contribution in [0.3, 0.4) is 0 Å². The van der Waals surface area contributed by atoms with Gasteiger partial charge in [0.2, 0.25) is 6.10 Å². The average molecular weight is 437 g/mol. The molecule has 5 rings (SSSR count). The van der Waals surface area contributed by atoms with E-state index in [2.05, 4.69) is 14.2 Å². The zero-order valence-electron chi connectivity index (χ0n) is 19.9. The van der Waals surface area contributed by atoms with Crippen molar-refractivity contribution in [1.29, 1.82) is 0 Å². The van der Waals surface area contributed by atoms with E-state index in [-0.39, 0.29) is 11.4 Å². The highest BCUT2D eigenvalue weighted by atomic mass is 16.6. The average Bonchev–Trinajstić information content (AvgIpc) is 3.55. The molecule has 5 atom stereocenters. The summed E-state index contributed by atoms with van der Waals surface area (Å²) >= 11 is 0. The summed E-state index contributed by atoms with van der Waals surface area (Å²) in [5.41, 5.74) is -0.311. The van der Waals surface area contributed by atoms with Gasteiger partial charge in [0.1, 0.15) is 0 Å². The molecule has 176 valence electrons. The number of cyclic esters (lactones) is 1. The molecule has 0 aromatic rings. The second kappa shape index (κ2) is 9.91. The minimum atomic E-state index is -0.655. The van der Waals surface area contributed by atoms with Crippen LogP contribution in [0.2, 0.25) is 0 Å². The molecule has 6 heteroatoms. The number of carbonyl (C=O) groups is 3. The van der Waals surface area contributed by atoms with Crippen molar-refractivity contribution < 1.29 is 28.6 Å². The third-order valence-corrected chi connectivity index (χ3v) is 8.47. The lowest BCUT2D eigenvalue weighted by atomic mass is 9.71. The summed E-state index contributed by atoms with van der Waals surface area (Å²) in [6.07, 6.45) is 10.4. The van der Waals surface area contributed by atoms with E-state index in [0.29, 0.717) is 13.0 Å². The number of rotatable bonds is 3. The molecule has 31 heavy (non-hydrogen) atoms. The summed E-state index contributed by atoms with van der Waals surface area (Å²) in [6, 6.07) is 0. The molecule has 4 bridgehead atoms. The SMILES string of the molecule is C1CC2CC1C1C3CCC(C3)C21.CC(=O)OC1CCOC1=O.CCC(C)(C)C(=O)OC. The summed E-state index contributed by atoms with van der Waals surface area (Å²) < 4.78 is 13.7. The van der Waals surface area contributed by atoms with Crippen LogP contribution in [0.4, 0.5) is 0 Å². The van der Waals surface area contributed by atoms with Crippen molar-refractivity contribution in [2.45, 2.75) is 85.2 Å². The molecular formula is C25H40O6. The van der Waals surface area contributed by atoms with Gasteiger partial charge >= 0.3 is 17.9 Å². The van der Waals surface area contributed by atoms with Crippen molar-refractivity contribution >= 4 is 17.9 Å². The number of esters is 3. The second-order valence-electron chi connectivity index (χ2n) is 10.6. The van der Waals surface area contributed by atoms with E-state index in [0.717, 1.165) is 6.42 Å². The van der Waals surface area contributed by atoms with Crippen LogP contribution in [0.1, 0.15) is 79.1 Å². The van der Waals surface area contributed by atoms with E-state index in [9.17, 15) is 14.4 Å². The van der Waals surface area contributed by atoms with Gasteiger partial charge in [-0.2, -0.15) is 0 Å². The molecule has 0 radical (unpaired) electrons. The fourth-order valence-corrected chi connectivity index (χ4v) is 6.74. The predicted molar refractivity (Wildman–Crippen MR) is 116 cm³/mol. The van der Waals surface area contributed by atoms with Crippen molar-refractivity contribution in [3.63, 3.8) is 0 Å². The number of hydrogen-bond acceptors (Lipinski definition) is 6. The fourth-order valence-electron chi connectivity index (χ4n) is 6.74. The van der Waals surface area contributed by atoms with Gasteiger partial charge in [0.05, 0.1) is 19.1 Å². The highest BCUT2D eigenvalue weighted by Gasteiger charge is 2.59. The van der Waals surface area contributed by atoms with Crippen molar-refractivity contribution in [2.24, 2.45) is 40.9 Å². The Hall–Kier alpha value is -1.59. The molecule has 0 aromatic heterocycles. The van der Waals surface area contributed by atoms with Gasteiger partial charge in [-0.1, -0.05) is 6.92 Å². The van der Waals surface area contributed by atoms with Gasteiger partial charge in [-0.3, -0.25) is 9.59 Å². The molecule has 5 unspecified atom stereocenters. The van der Waals surface area contributed by atoms with E-state index in [1.807, 2.05) is 20.8 Å². The van der Waals surface area contributed by atoms with Gasteiger partial charge in [-0.15, -0.1) is 0 Å². The molecule has 1 aliphatic heterocycles. The lowest BCUT2D eigenvalue weighted by molar-refractivity contribution is -0.158. The molecule has 1 heterocycles. The summed E-state index contributed by atoms with van der Waals surface area (Å²) in [5, 5.41) is 0. The summed E-state index contributed by atoms with van der Waals surface area (Å²) in [5.74, 6) is 6.28. The van der Waals surface area contributed by atoms with Gasteiger partial charge in [-0.05, 0) is 94.3 Å². The first-order chi connectivity index (χ1) is 14.7. The molecule has 0 N–H and O–H groups in total. The minimum absolute atomic E-state index is 0.134. The van der Waals surface area contributed by atoms with Crippen LogP contribution in [0.15, 0.2) is 0 Å². The monoisotopic (exact) mass is 436 g/mol. The van der Waals surface area contributed by atoms with Crippen molar-refractivity contribution in [2.75, 3.05) is 13.7 Å². The lowest BCUT2D eigenvalue weighted by Gasteiger charge is -2.34. The molecule has 5 fully saturated rings. The Bertz CT molecular complexity index is 627. The minimum Gasteiger partial charge on any atom is -0.469 e. The van der Waals surface area contributed by atoms with Gasteiger partial charge in [-0.25, -0.2) is 4.79 Å². The highest BCUT2D eigenvalue weighted by Crippen LogP contribution is 2.67. The zero-order valence-corrected chi connectivity index (χ0v) is 19.9. The molecular weight excluding hydrogens is 396 g/mol. The van der Waals surface area contributed by atoms with Crippen LogP contribution in [0.5, 0.6) is 0 Å². The first-order valence-corrected chi connectivity index (χ1v) is 12.1. The Morgan fingerprint density at radius 1 is 0.968 bits per heavy atom. The zero-order chi connectivity index (χ0) is 22.8. The summed E-state index contributed by atoms with van der Waals surface area (Å²) in [6.45, 7) is 7.34. The molecule has 4 saturated carbocycles. The number of fused-ring (bicyclic) bond motifs is 9. The molecule has 1 saturated heterocycles. The maximum Gasteiger partial charge on any atom is 0.347 e. The largest absolute Gasteiger partial charge is 0.469 e. The first-order valence-electron chi connectivity index (χ1n) is 12.1. The number of hydrogen-bond donors (Lipinski definition) is 0. The first kappa shape index (κ1) is 24.1. The number of ether oxygens (including phenoxy) is 3. The van der Waals surface area contributed by atoms with Crippen LogP contribution < -0.4 is 0 Å². The third kappa shape index (κ3) is 5.25. The Morgan fingerprint density at radius 3 is 1.74 bits per heavy atom. The van der Waals surface area contributed by atoms with E-state index >= 15 is 0 Å². The smallest absolute Gasteiger partial charge is 0.347 e. The number of methoxy groups -OCH3 is 1. The van der Waals surface area contributed by atoms with Crippen LogP contribution in [0.25, 0.3) is 0 Å². The molecule has 4 aliphatic carbocycles. The topological polar surface area (TPSA) is 78.9 Å². The Morgan fingerprint density at radius 2 is 1.45 bits per heavy atom. The third-order valence-electron chi connectivity index (χ3n) is 8.47. The van der Waals surface area contributed by atoms with Gasteiger partial charge < -0.3 is 14.2 Å². The Labute approximate surface area is 186 Å². The standard InChI is InChI=1S/C12H18.C7H14O2.C6H8O4/c1-2-8-5-7(1)11-9-3-4-10(6-9)12(8)11;1-5-7(2,3)6(8)9-4;1-4(7)10-5-2-3-9-6(5)8/h7-12H,1-6H2;5H2,1-4H3;5H,2-3H2,1H3. The van der Waals surface area contributed by atoms with Gasteiger partial charge in [0.25, 0.3) is 0 Å². The fraction of sp³-hybridized carbons (Fsp3) is 0.880. The normalized spacial score (nSPS) is 36.5. The van der Waals surface area contributed by atoms with Gasteiger partial charge in [0, 0.05) is 13.3 Å². The van der Waals surface area contributed by atoms with Crippen molar-refractivity contribution in [3.05, 3.63) is 0 Å². The Kier molecular flexibility index (Phi) is 7.69. The quantitative estimate of drug-likeness (QED) is 0.367. The maximum atomic E-state index is 10.8. The molecule has 0 amide bonds. The van der Waals surface area contributed by atoms with Crippen LogP contribution in [0, 0.1) is 40.9 Å².